The standard InChI is InChI=1S/C8H9N3O4/c12-2-1-10-8(13)6-3-7(11(14)15)5-9-4-6/h3-5,12H,1-2H2,(H,10,13). The minimum atomic E-state index is -0.629. The maximum absolute atomic E-state index is 11.3. The highest BCUT2D eigenvalue weighted by molar-refractivity contribution is 5.94. The Morgan fingerprint density at radius 2 is 2.33 bits per heavy atom. The summed E-state index contributed by atoms with van der Waals surface area (Å²) < 4.78 is 0. The van der Waals surface area contributed by atoms with Crippen LogP contribution in [0.25, 0.3) is 0 Å². The monoisotopic (exact) mass is 211 g/mol. The number of hydrogen-bond acceptors (Lipinski definition) is 5. The highest BCUT2D eigenvalue weighted by Gasteiger charge is 2.11. The molecule has 0 bridgehead atoms. The predicted molar refractivity (Wildman–Crippen MR) is 50.3 cm³/mol. The van der Waals surface area contributed by atoms with Crippen molar-refractivity contribution < 1.29 is 14.8 Å². The maximum Gasteiger partial charge on any atom is 0.288 e. The van der Waals surface area contributed by atoms with Crippen LogP contribution in [0.1, 0.15) is 10.4 Å². The van der Waals surface area contributed by atoms with Crippen molar-refractivity contribution >= 4 is 11.6 Å². The molecule has 0 aliphatic carbocycles. The maximum atomic E-state index is 11.3. The van der Waals surface area contributed by atoms with Gasteiger partial charge in [-0.15, -0.1) is 0 Å². The van der Waals surface area contributed by atoms with Crippen LogP contribution in [0.15, 0.2) is 18.5 Å². The Morgan fingerprint density at radius 3 is 2.93 bits per heavy atom. The molecule has 0 fully saturated rings. The summed E-state index contributed by atoms with van der Waals surface area (Å²) >= 11 is 0. The van der Waals surface area contributed by atoms with Crippen LogP contribution in [0.4, 0.5) is 5.69 Å². The van der Waals surface area contributed by atoms with Crippen LogP contribution in [0.5, 0.6) is 0 Å². The molecule has 7 heteroatoms. The number of nitro groups is 1. The fourth-order valence-corrected chi connectivity index (χ4v) is 0.923. The second kappa shape index (κ2) is 5.01. The van der Waals surface area contributed by atoms with Crippen molar-refractivity contribution in [1.82, 2.24) is 10.3 Å². The molecule has 1 amide bonds. The molecule has 0 spiro atoms. The Kier molecular flexibility index (Phi) is 3.69. The molecule has 1 aromatic heterocycles. The van der Waals surface area contributed by atoms with Crippen LogP contribution in [-0.2, 0) is 0 Å². The van der Waals surface area contributed by atoms with Crippen molar-refractivity contribution in [2.45, 2.75) is 0 Å². The first-order chi connectivity index (χ1) is 7.15. The fraction of sp³-hybridized carbons (Fsp3) is 0.250. The average molecular weight is 211 g/mol. The van der Waals surface area contributed by atoms with Gasteiger partial charge in [-0.3, -0.25) is 19.9 Å². The van der Waals surface area contributed by atoms with Gasteiger partial charge in [-0.1, -0.05) is 0 Å². The molecule has 0 aromatic carbocycles. The molecule has 1 rings (SSSR count). The number of rotatable bonds is 4. The lowest BCUT2D eigenvalue weighted by Crippen LogP contribution is -2.26. The Bertz CT molecular complexity index is 380. The average Bonchev–Trinajstić information content (AvgIpc) is 2.26. The van der Waals surface area contributed by atoms with Gasteiger partial charge in [0.25, 0.3) is 11.6 Å². The Balaban J connectivity index is 2.81. The zero-order valence-corrected chi connectivity index (χ0v) is 7.71. The van der Waals surface area contributed by atoms with Crippen molar-refractivity contribution in [3.05, 3.63) is 34.1 Å². The zero-order valence-electron chi connectivity index (χ0n) is 7.71. The van der Waals surface area contributed by atoms with E-state index in [0.717, 1.165) is 12.3 Å². The summed E-state index contributed by atoms with van der Waals surface area (Å²) in [5, 5.41) is 21.2. The first-order valence-corrected chi connectivity index (χ1v) is 4.13. The van der Waals surface area contributed by atoms with Crippen LogP contribution >= 0.6 is 0 Å². The van der Waals surface area contributed by atoms with Gasteiger partial charge in [0.2, 0.25) is 0 Å². The molecule has 1 aromatic rings. The van der Waals surface area contributed by atoms with E-state index >= 15 is 0 Å². The molecule has 0 aliphatic rings. The van der Waals surface area contributed by atoms with Crippen molar-refractivity contribution in [3.8, 4) is 0 Å². The molecule has 80 valence electrons. The summed E-state index contributed by atoms with van der Waals surface area (Å²) in [6.07, 6.45) is 2.28. The lowest BCUT2D eigenvalue weighted by atomic mass is 10.2. The molecule has 1 heterocycles. The SMILES string of the molecule is O=C(NCCO)c1cncc([N+](=O)[O-])c1. The van der Waals surface area contributed by atoms with Gasteiger partial charge in [-0.25, -0.2) is 0 Å². The van der Waals surface area contributed by atoms with E-state index < -0.39 is 10.8 Å². The van der Waals surface area contributed by atoms with Crippen molar-refractivity contribution in [3.63, 3.8) is 0 Å². The van der Waals surface area contributed by atoms with Crippen LogP contribution in [0.3, 0.4) is 0 Å². The predicted octanol–water partition coefficient (Wildman–Crippen LogP) is -0.288. The van der Waals surface area contributed by atoms with E-state index in [1.54, 1.807) is 0 Å². The van der Waals surface area contributed by atoms with Crippen LogP contribution in [-0.4, -0.2) is 34.1 Å². The van der Waals surface area contributed by atoms with E-state index in [0.29, 0.717) is 0 Å². The smallest absolute Gasteiger partial charge is 0.288 e. The van der Waals surface area contributed by atoms with E-state index in [1.165, 1.54) is 6.20 Å². The molecule has 0 unspecified atom stereocenters. The summed E-state index contributed by atoms with van der Waals surface area (Å²) in [5.74, 6) is -0.500. The second-order valence-corrected chi connectivity index (χ2v) is 2.67. The van der Waals surface area contributed by atoms with Gasteiger partial charge in [-0.2, -0.15) is 0 Å². The van der Waals surface area contributed by atoms with Gasteiger partial charge in [0.15, 0.2) is 0 Å². The van der Waals surface area contributed by atoms with E-state index in [2.05, 4.69) is 10.3 Å². The third-order valence-corrected chi connectivity index (χ3v) is 1.59. The van der Waals surface area contributed by atoms with Crippen molar-refractivity contribution in [2.24, 2.45) is 0 Å². The number of carbonyl (C=O) groups is 1. The molecule has 0 saturated heterocycles. The van der Waals surface area contributed by atoms with Gasteiger partial charge in [0.05, 0.1) is 17.1 Å². The van der Waals surface area contributed by atoms with Gasteiger partial charge in [0.1, 0.15) is 6.20 Å². The summed E-state index contributed by atoms with van der Waals surface area (Å²) in [5.41, 5.74) is -0.149. The van der Waals surface area contributed by atoms with Crippen LogP contribution in [0, 0.1) is 10.1 Å². The normalized spacial score (nSPS) is 9.67. The first kappa shape index (κ1) is 11.1. The number of amides is 1. The molecule has 2 N–H and O–H groups in total. The lowest BCUT2D eigenvalue weighted by molar-refractivity contribution is -0.385. The molecule has 0 radical (unpaired) electrons. The van der Waals surface area contributed by atoms with Crippen LogP contribution < -0.4 is 5.32 Å². The van der Waals surface area contributed by atoms with Gasteiger partial charge in [0, 0.05) is 18.8 Å². The van der Waals surface area contributed by atoms with Crippen LogP contribution in [0.2, 0.25) is 0 Å². The van der Waals surface area contributed by atoms with Gasteiger partial charge in [-0.05, 0) is 0 Å². The summed E-state index contributed by atoms with van der Waals surface area (Å²) in [6, 6.07) is 1.12. The molecule has 0 atom stereocenters. The Labute approximate surface area is 84.9 Å². The summed E-state index contributed by atoms with van der Waals surface area (Å²) in [6.45, 7) is -0.0877. The van der Waals surface area contributed by atoms with Gasteiger partial charge >= 0.3 is 0 Å². The summed E-state index contributed by atoms with van der Waals surface area (Å²) in [4.78, 5) is 24.6. The lowest BCUT2D eigenvalue weighted by Gasteiger charge is -2.01. The molecule has 15 heavy (non-hydrogen) atoms. The number of nitrogens with one attached hydrogen (secondary N) is 1. The largest absolute Gasteiger partial charge is 0.395 e. The fourth-order valence-electron chi connectivity index (χ4n) is 0.923. The first-order valence-electron chi connectivity index (χ1n) is 4.13. The topological polar surface area (TPSA) is 105 Å². The van der Waals surface area contributed by atoms with E-state index in [4.69, 9.17) is 5.11 Å². The molecule has 0 aliphatic heterocycles. The number of aliphatic hydroxyl groups excluding tert-OH is 1. The minimum absolute atomic E-state index is 0.0950. The Hall–Kier alpha value is -2.02. The van der Waals surface area contributed by atoms with Crippen molar-refractivity contribution in [1.29, 1.82) is 0 Å². The van der Waals surface area contributed by atoms with Crippen molar-refractivity contribution in [2.75, 3.05) is 13.2 Å². The zero-order chi connectivity index (χ0) is 11.3. The molecular weight excluding hydrogens is 202 g/mol. The Morgan fingerprint density at radius 1 is 1.60 bits per heavy atom. The number of aromatic nitrogens is 1. The number of aliphatic hydroxyl groups is 1. The highest BCUT2D eigenvalue weighted by atomic mass is 16.6. The third-order valence-electron chi connectivity index (χ3n) is 1.59. The number of hydrogen-bond donors (Lipinski definition) is 2. The summed E-state index contributed by atoms with van der Waals surface area (Å²) in [7, 11) is 0. The van der Waals surface area contributed by atoms with Gasteiger partial charge < -0.3 is 10.4 Å². The van der Waals surface area contributed by atoms with E-state index in [9.17, 15) is 14.9 Å². The molecule has 0 saturated carbocycles. The number of nitrogens with zero attached hydrogens (tertiary/aromatic N) is 2. The second-order valence-electron chi connectivity index (χ2n) is 2.67. The highest BCUT2D eigenvalue weighted by Crippen LogP contribution is 2.10. The molecule has 7 nitrogen and oxygen atoms in total. The van der Waals surface area contributed by atoms with E-state index in [1.807, 2.05) is 0 Å². The number of pyridine rings is 1. The van der Waals surface area contributed by atoms with E-state index in [-0.39, 0.29) is 24.4 Å². The third kappa shape index (κ3) is 2.99. The quantitative estimate of drug-likeness (QED) is 0.526. The number of carbonyl (C=O) groups excluding carboxylic acids is 1. The minimum Gasteiger partial charge on any atom is -0.395 e. The molecular formula is C8H9N3O4.